The summed E-state index contributed by atoms with van der Waals surface area (Å²) < 4.78 is 1.56. The Labute approximate surface area is 102 Å². The first-order chi connectivity index (χ1) is 8.02. The van der Waals surface area contributed by atoms with Gasteiger partial charge in [-0.1, -0.05) is 6.92 Å². The highest BCUT2D eigenvalue weighted by Crippen LogP contribution is 2.25. The molecule has 1 saturated heterocycles. The minimum Gasteiger partial charge on any atom is -0.396 e. The number of hydrogen-bond acceptors (Lipinski definition) is 3. The maximum atomic E-state index is 12.4. The van der Waals surface area contributed by atoms with Crippen molar-refractivity contribution in [2.75, 3.05) is 12.3 Å². The number of anilines is 1. The minimum atomic E-state index is 0.00144. The average molecular weight is 236 g/mol. The number of nitrogens with two attached hydrogens (primary N) is 1. The van der Waals surface area contributed by atoms with Crippen molar-refractivity contribution >= 4 is 11.6 Å². The van der Waals surface area contributed by atoms with Gasteiger partial charge in [0.05, 0.1) is 11.9 Å². The van der Waals surface area contributed by atoms with Crippen LogP contribution in [0.15, 0.2) is 6.20 Å². The van der Waals surface area contributed by atoms with E-state index in [2.05, 4.69) is 18.9 Å². The third-order valence-electron chi connectivity index (χ3n) is 3.80. The molecule has 94 valence electrons. The van der Waals surface area contributed by atoms with Gasteiger partial charge in [-0.3, -0.25) is 9.48 Å². The van der Waals surface area contributed by atoms with Crippen molar-refractivity contribution < 1.29 is 4.79 Å². The van der Waals surface area contributed by atoms with Gasteiger partial charge in [-0.15, -0.1) is 0 Å². The van der Waals surface area contributed by atoms with Crippen molar-refractivity contribution in [3.8, 4) is 0 Å². The lowest BCUT2D eigenvalue weighted by atomic mass is 9.92. The van der Waals surface area contributed by atoms with Gasteiger partial charge in [0, 0.05) is 19.6 Å². The minimum absolute atomic E-state index is 0.00144. The molecule has 5 heteroatoms. The molecule has 0 spiro atoms. The molecule has 1 aliphatic heterocycles. The van der Waals surface area contributed by atoms with Crippen molar-refractivity contribution in [1.82, 2.24) is 14.7 Å². The van der Waals surface area contributed by atoms with Crippen LogP contribution in [0.2, 0.25) is 0 Å². The third-order valence-corrected chi connectivity index (χ3v) is 3.80. The number of hydrogen-bond donors (Lipinski definition) is 1. The van der Waals surface area contributed by atoms with Crippen molar-refractivity contribution in [2.45, 2.75) is 32.7 Å². The molecule has 2 N–H and O–H groups in total. The summed E-state index contributed by atoms with van der Waals surface area (Å²) in [7, 11) is 1.75. The number of amides is 1. The van der Waals surface area contributed by atoms with Gasteiger partial charge in [0.15, 0.2) is 0 Å². The van der Waals surface area contributed by atoms with Crippen LogP contribution in [-0.2, 0) is 7.05 Å². The Morgan fingerprint density at radius 2 is 2.24 bits per heavy atom. The smallest absolute Gasteiger partial charge is 0.274 e. The van der Waals surface area contributed by atoms with E-state index in [0.717, 1.165) is 13.0 Å². The lowest BCUT2D eigenvalue weighted by Crippen LogP contribution is -2.46. The van der Waals surface area contributed by atoms with Crippen molar-refractivity contribution in [2.24, 2.45) is 13.0 Å². The van der Waals surface area contributed by atoms with Crippen LogP contribution in [0.5, 0.6) is 0 Å². The second-order valence-electron chi connectivity index (χ2n) is 4.93. The fourth-order valence-electron chi connectivity index (χ4n) is 2.47. The quantitative estimate of drug-likeness (QED) is 0.798. The average Bonchev–Trinajstić information content (AvgIpc) is 2.62. The zero-order valence-corrected chi connectivity index (χ0v) is 10.7. The maximum Gasteiger partial charge on any atom is 0.274 e. The summed E-state index contributed by atoms with van der Waals surface area (Å²) in [5.74, 6) is 0.545. The molecule has 0 bridgehead atoms. The van der Waals surface area contributed by atoms with Crippen LogP contribution in [0.4, 0.5) is 5.69 Å². The van der Waals surface area contributed by atoms with E-state index >= 15 is 0 Å². The second-order valence-corrected chi connectivity index (χ2v) is 4.93. The molecular formula is C12H20N4O. The number of nitrogen functional groups attached to an aromatic ring is 1. The molecule has 2 atom stereocenters. The first-order valence-corrected chi connectivity index (χ1v) is 6.10. The van der Waals surface area contributed by atoms with Crippen LogP contribution in [0.1, 0.15) is 37.2 Å². The molecule has 0 saturated carbocycles. The number of aryl methyl sites for hydroxylation is 1. The van der Waals surface area contributed by atoms with E-state index in [-0.39, 0.29) is 11.9 Å². The van der Waals surface area contributed by atoms with E-state index in [1.165, 1.54) is 12.6 Å². The lowest BCUT2D eigenvalue weighted by molar-refractivity contribution is 0.0541. The van der Waals surface area contributed by atoms with E-state index in [1.807, 2.05) is 4.90 Å². The maximum absolute atomic E-state index is 12.4. The lowest BCUT2D eigenvalue weighted by Gasteiger charge is -2.37. The zero-order chi connectivity index (χ0) is 12.6. The number of carbonyl (C=O) groups is 1. The SMILES string of the molecule is CC1CCCN(C(=O)c2c(N)cnn2C)C1C. The van der Waals surface area contributed by atoms with Crippen LogP contribution in [0, 0.1) is 5.92 Å². The zero-order valence-electron chi connectivity index (χ0n) is 10.7. The van der Waals surface area contributed by atoms with Crippen molar-refractivity contribution in [3.05, 3.63) is 11.9 Å². The molecule has 0 aromatic carbocycles. The van der Waals surface area contributed by atoms with Crippen LogP contribution >= 0.6 is 0 Å². The Morgan fingerprint density at radius 3 is 2.82 bits per heavy atom. The van der Waals surface area contributed by atoms with E-state index in [0.29, 0.717) is 17.3 Å². The van der Waals surface area contributed by atoms with Crippen LogP contribution < -0.4 is 5.73 Å². The summed E-state index contributed by atoms with van der Waals surface area (Å²) in [6.07, 6.45) is 3.78. The highest BCUT2D eigenvalue weighted by atomic mass is 16.2. The van der Waals surface area contributed by atoms with Gasteiger partial charge >= 0.3 is 0 Å². The summed E-state index contributed by atoms with van der Waals surface area (Å²) in [5.41, 5.74) is 6.76. The van der Waals surface area contributed by atoms with Gasteiger partial charge in [-0.25, -0.2) is 0 Å². The van der Waals surface area contributed by atoms with E-state index in [1.54, 1.807) is 11.7 Å². The van der Waals surface area contributed by atoms with Gasteiger partial charge < -0.3 is 10.6 Å². The van der Waals surface area contributed by atoms with Gasteiger partial charge in [-0.2, -0.15) is 5.10 Å². The van der Waals surface area contributed by atoms with Crippen molar-refractivity contribution in [1.29, 1.82) is 0 Å². The Kier molecular flexibility index (Phi) is 3.09. The molecule has 2 rings (SSSR count). The molecule has 1 aromatic heterocycles. The summed E-state index contributed by atoms with van der Waals surface area (Å²) >= 11 is 0. The van der Waals surface area contributed by atoms with Crippen molar-refractivity contribution in [3.63, 3.8) is 0 Å². The van der Waals surface area contributed by atoms with Crippen LogP contribution in [0.3, 0.4) is 0 Å². The van der Waals surface area contributed by atoms with E-state index in [9.17, 15) is 4.79 Å². The topological polar surface area (TPSA) is 64.2 Å². The first-order valence-electron chi connectivity index (χ1n) is 6.10. The Hall–Kier alpha value is -1.52. The monoisotopic (exact) mass is 236 g/mol. The normalized spacial score (nSPS) is 25.0. The first kappa shape index (κ1) is 12.0. The number of aromatic nitrogens is 2. The van der Waals surface area contributed by atoms with Gasteiger partial charge in [-0.05, 0) is 25.7 Å². The molecule has 0 aliphatic carbocycles. The van der Waals surface area contributed by atoms with Gasteiger partial charge in [0.25, 0.3) is 5.91 Å². The molecule has 17 heavy (non-hydrogen) atoms. The number of carbonyl (C=O) groups excluding carboxylic acids is 1. The second kappa shape index (κ2) is 4.39. The summed E-state index contributed by atoms with van der Waals surface area (Å²) in [5, 5.41) is 4.02. The van der Waals surface area contributed by atoms with Crippen LogP contribution in [0.25, 0.3) is 0 Å². The Morgan fingerprint density at radius 1 is 1.53 bits per heavy atom. The summed E-state index contributed by atoms with van der Waals surface area (Å²) in [6.45, 7) is 5.11. The fourth-order valence-corrected chi connectivity index (χ4v) is 2.47. The largest absolute Gasteiger partial charge is 0.396 e. The molecule has 2 heterocycles. The summed E-state index contributed by atoms with van der Waals surface area (Å²) in [6, 6.07) is 0.269. The molecule has 0 radical (unpaired) electrons. The third kappa shape index (κ3) is 2.01. The number of rotatable bonds is 1. The van der Waals surface area contributed by atoms with Crippen LogP contribution in [-0.4, -0.2) is 33.2 Å². The molecule has 5 nitrogen and oxygen atoms in total. The molecule has 1 amide bonds. The van der Waals surface area contributed by atoms with E-state index < -0.39 is 0 Å². The van der Waals surface area contributed by atoms with Gasteiger partial charge in [0.1, 0.15) is 5.69 Å². The highest BCUT2D eigenvalue weighted by Gasteiger charge is 2.31. The standard InChI is InChI=1S/C12H20N4O/c1-8-5-4-6-16(9(8)2)12(17)11-10(13)7-14-15(11)3/h7-9H,4-6,13H2,1-3H3. The number of piperidine rings is 1. The predicted octanol–water partition coefficient (Wildman–Crippen LogP) is 1.26. The molecular weight excluding hydrogens is 216 g/mol. The molecule has 1 aromatic rings. The van der Waals surface area contributed by atoms with Gasteiger partial charge in [0.2, 0.25) is 0 Å². The Balaban J connectivity index is 2.25. The molecule has 2 unspecified atom stereocenters. The predicted molar refractivity (Wildman–Crippen MR) is 66.5 cm³/mol. The van der Waals surface area contributed by atoms with E-state index in [4.69, 9.17) is 5.73 Å². The molecule has 1 aliphatic rings. The fraction of sp³-hybridized carbons (Fsp3) is 0.667. The number of nitrogens with zero attached hydrogens (tertiary/aromatic N) is 3. The summed E-state index contributed by atoms with van der Waals surface area (Å²) in [4.78, 5) is 14.4. The number of likely N-dealkylation sites (tertiary alicyclic amines) is 1. The Bertz CT molecular complexity index is 407. The molecule has 1 fully saturated rings. The highest BCUT2D eigenvalue weighted by molar-refractivity contribution is 5.97.